The second-order valence-corrected chi connectivity index (χ2v) is 7.19. The molecule has 0 aliphatic carbocycles. The van der Waals surface area contributed by atoms with Gasteiger partial charge in [-0.3, -0.25) is 9.48 Å². The number of pyridine rings is 1. The van der Waals surface area contributed by atoms with Gasteiger partial charge in [-0.1, -0.05) is 30.3 Å². The summed E-state index contributed by atoms with van der Waals surface area (Å²) in [5.41, 5.74) is 2.55. The number of nitrogens with one attached hydrogen (secondary N) is 1. The van der Waals surface area contributed by atoms with Crippen molar-refractivity contribution in [3.8, 4) is 11.3 Å². The highest BCUT2D eigenvalue weighted by Crippen LogP contribution is 2.32. The number of halogens is 2. The van der Waals surface area contributed by atoms with Gasteiger partial charge in [-0.15, -0.1) is 0 Å². The summed E-state index contributed by atoms with van der Waals surface area (Å²) in [6.07, 6.45) is 0.865. The molecule has 0 unspecified atom stereocenters. The Morgan fingerprint density at radius 2 is 2.00 bits per heavy atom. The van der Waals surface area contributed by atoms with E-state index in [-0.39, 0.29) is 29.0 Å². The highest BCUT2D eigenvalue weighted by atomic mass is 19.3. The van der Waals surface area contributed by atoms with E-state index >= 15 is 0 Å². The number of fused-ring (bicyclic) bond motifs is 1. The molecule has 4 rings (SSSR count). The maximum atomic E-state index is 13.8. The van der Waals surface area contributed by atoms with Gasteiger partial charge in [-0.2, -0.15) is 10.2 Å². The maximum Gasteiger partial charge on any atom is 0.264 e. The van der Waals surface area contributed by atoms with Crippen LogP contribution in [0.5, 0.6) is 0 Å². The van der Waals surface area contributed by atoms with Crippen molar-refractivity contribution >= 4 is 16.9 Å². The number of benzene rings is 1. The predicted molar refractivity (Wildman–Crippen MR) is 112 cm³/mol. The monoisotopic (exact) mass is 424 g/mol. The molecule has 0 aliphatic heterocycles. The van der Waals surface area contributed by atoms with Crippen LogP contribution in [0.4, 0.5) is 8.78 Å². The van der Waals surface area contributed by atoms with Crippen LogP contribution in [-0.4, -0.2) is 30.5 Å². The highest BCUT2D eigenvalue weighted by Gasteiger charge is 2.22. The summed E-state index contributed by atoms with van der Waals surface area (Å²) in [7, 11) is 0. The van der Waals surface area contributed by atoms with Crippen molar-refractivity contribution in [2.45, 2.75) is 39.9 Å². The van der Waals surface area contributed by atoms with Crippen molar-refractivity contribution in [2.24, 2.45) is 0 Å². The van der Waals surface area contributed by atoms with E-state index in [4.69, 9.17) is 0 Å². The summed E-state index contributed by atoms with van der Waals surface area (Å²) in [6, 6.07) is 10.5. The van der Waals surface area contributed by atoms with Crippen LogP contribution in [0.3, 0.4) is 0 Å². The lowest BCUT2D eigenvalue weighted by Gasteiger charge is -2.09. The Balaban J connectivity index is 1.64. The summed E-state index contributed by atoms with van der Waals surface area (Å²) < 4.78 is 30.8. The number of alkyl halides is 2. The first-order valence-corrected chi connectivity index (χ1v) is 9.96. The fourth-order valence-electron chi connectivity index (χ4n) is 3.49. The maximum absolute atomic E-state index is 13.8. The second-order valence-electron chi connectivity index (χ2n) is 7.19. The molecule has 31 heavy (non-hydrogen) atoms. The summed E-state index contributed by atoms with van der Waals surface area (Å²) in [5.74, 6) is -0.292. The van der Waals surface area contributed by atoms with Crippen LogP contribution in [0.15, 0.2) is 48.8 Å². The van der Waals surface area contributed by atoms with Crippen LogP contribution in [0.25, 0.3) is 22.3 Å². The molecule has 1 N–H and O–H groups in total. The lowest BCUT2D eigenvalue weighted by Crippen LogP contribution is -2.27. The summed E-state index contributed by atoms with van der Waals surface area (Å²) in [4.78, 5) is 17.1. The summed E-state index contributed by atoms with van der Waals surface area (Å²) in [5, 5.41) is 11.6. The molecule has 0 spiro atoms. The van der Waals surface area contributed by atoms with E-state index < -0.39 is 6.43 Å². The zero-order valence-electron chi connectivity index (χ0n) is 17.2. The molecule has 0 aliphatic rings. The third-order valence-corrected chi connectivity index (χ3v) is 5.01. The molecule has 0 radical (unpaired) electrons. The largest absolute Gasteiger partial charge is 0.350 e. The molecule has 0 saturated heterocycles. The molecule has 1 aromatic carbocycles. The molecule has 1 amide bonds. The molecular weight excluding hydrogens is 402 g/mol. The Hall–Kier alpha value is -3.62. The minimum Gasteiger partial charge on any atom is -0.350 e. The van der Waals surface area contributed by atoms with Crippen molar-refractivity contribution in [3.63, 3.8) is 0 Å². The second kappa shape index (κ2) is 8.63. The van der Waals surface area contributed by atoms with E-state index in [1.165, 1.54) is 10.7 Å². The molecule has 9 heteroatoms. The van der Waals surface area contributed by atoms with E-state index in [0.717, 1.165) is 12.1 Å². The van der Waals surface area contributed by atoms with Gasteiger partial charge in [0.1, 0.15) is 6.54 Å². The van der Waals surface area contributed by atoms with Gasteiger partial charge in [0, 0.05) is 36.0 Å². The van der Waals surface area contributed by atoms with Crippen LogP contribution in [0, 0.1) is 6.92 Å². The number of hydrogen-bond acceptors (Lipinski definition) is 4. The average Bonchev–Trinajstić information content (AvgIpc) is 3.36. The molecule has 4 aromatic rings. The van der Waals surface area contributed by atoms with Gasteiger partial charge in [0.2, 0.25) is 5.91 Å². The number of carbonyl (C=O) groups is 1. The fraction of sp³-hybridized carbons (Fsp3) is 0.273. The van der Waals surface area contributed by atoms with Gasteiger partial charge in [0.25, 0.3) is 6.43 Å². The number of aromatic nitrogens is 5. The smallest absolute Gasteiger partial charge is 0.264 e. The van der Waals surface area contributed by atoms with Gasteiger partial charge in [-0.25, -0.2) is 18.4 Å². The first kappa shape index (κ1) is 20.6. The molecule has 160 valence electrons. The van der Waals surface area contributed by atoms with Crippen molar-refractivity contribution in [2.75, 3.05) is 0 Å². The Bertz CT molecular complexity index is 1220. The average molecular weight is 424 g/mol. The number of hydrogen-bond donors (Lipinski definition) is 1. The Morgan fingerprint density at radius 1 is 1.23 bits per heavy atom. The molecule has 0 saturated carbocycles. The normalized spacial score (nSPS) is 11.4. The quantitative estimate of drug-likeness (QED) is 0.489. The van der Waals surface area contributed by atoms with Crippen molar-refractivity contribution in [1.82, 2.24) is 29.9 Å². The number of carbonyl (C=O) groups excluding carboxylic acids is 1. The number of rotatable bonds is 7. The van der Waals surface area contributed by atoms with Crippen LogP contribution < -0.4 is 5.32 Å². The van der Waals surface area contributed by atoms with Gasteiger partial charge < -0.3 is 5.32 Å². The van der Waals surface area contributed by atoms with Crippen LogP contribution >= 0.6 is 0 Å². The Kier molecular flexibility index (Phi) is 5.75. The molecule has 0 atom stereocenters. The van der Waals surface area contributed by atoms with Crippen molar-refractivity contribution in [1.29, 1.82) is 0 Å². The van der Waals surface area contributed by atoms with E-state index in [9.17, 15) is 13.6 Å². The van der Waals surface area contributed by atoms with E-state index in [0.29, 0.717) is 23.5 Å². The van der Waals surface area contributed by atoms with E-state index in [2.05, 4.69) is 20.5 Å². The van der Waals surface area contributed by atoms with Crippen LogP contribution in [0.2, 0.25) is 0 Å². The Labute approximate surface area is 177 Å². The third-order valence-electron chi connectivity index (χ3n) is 5.01. The van der Waals surface area contributed by atoms with Gasteiger partial charge in [-0.05, 0) is 19.9 Å². The summed E-state index contributed by atoms with van der Waals surface area (Å²) >= 11 is 0. The molecule has 7 nitrogen and oxygen atoms in total. The molecule has 3 heterocycles. The SMILES string of the molecule is CCn1cc(CNC(=O)Cn2nc(C)c3c(C(F)F)cc(-c4ccccc4)nc32)cn1. The Morgan fingerprint density at radius 3 is 2.68 bits per heavy atom. The minimum absolute atomic E-state index is 0.125. The first-order chi connectivity index (χ1) is 15.0. The molecular formula is C22H22F2N6O. The molecule has 0 bridgehead atoms. The summed E-state index contributed by atoms with van der Waals surface area (Å²) in [6.45, 7) is 4.56. The third kappa shape index (κ3) is 4.30. The minimum atomic E-state index is -2.69. The fourth-order valence-corrected chi connectivity index (χ4v) is 3.49. The molecule has 3 aromatic heterocycles. The van der Waals surface area contributed by atoms with Crippen molar-refractivity contribution in [3.05, 3.63) is 65.6 Å². The van der Waals surface area contributed by atoms with E-state index in [1.54, 1.807) is 29.9 Å². The number of aryl methyl sites for hydroxylation is 2. The topological polar surface area (TPSA) is 77.6 Å². The van der Waals surface area contributed by atoms with E-state index in [1.807, 2.05) is 31.3 Å². The standard InChI is InChI=1S/C22H22F2N6O/c1-3-29-12-15(11-26-29)10-25-19(31)13-30-22-20(14(2)28-30)17(21(23)24)9-18(27-22)16-7-5-4-6-8-16/h4-9,11-12,21H,3,10,13H2,1-2H3,(H,25,31). The van der Waals surface area contributed by atoms with Gasteiger partial charge in [0.05, 0.1) is 23.0 Å². The van der Waals surface area contributed by atoms with Crippen molar-refractivity contribution < 1.29 is 13.6 Å². The predicted octanol–water partition coefficient (Wildman–Crippen LogP) is 3.88. The number of amides is 1. The van der Waals surface area contributed by atoms with Gasteiger partial charge in [0.15, 0.2) is 5.65 Å². The van der Waals surface area contributed by atoms with Gasteiger partial charge >= 0.3 is 0 Å². The lowest BCUT2D eigenvalue weighted by atomic mass is 10.1. The molecule has 0 fully saturated rings. The number of nitrogens with zero attached hydrogens (tertiary/aromatic N) is 5. The lowest BCUT2D eigenvalue weighted by molar-refractivity contribution is -0.121. The highest BCUT2D eigenvalue weighted by molar-refractivity contribution is 5.87. The van der Waals surface area contributed by atoms with Crippen LogP contribution in [0.1, 0.15) is 30.2 Å². The zero-order chi connectivity index (χ0) is 22.0. The zero-order valence-corrected chi connectivity index (χ0v) is 17.2. The van der Waals surface area contributed by atoms with Crippen LogP contribution in [-0.2, 0) is 24.4 Å². The first-order valence-electron chi connectivity index (χ1n) is 9.96.